The quantitative estimate of drug-likeness (QED) is 0.0130. The predicted molar refractivity (Wildman–Crippen MR) is 297 cm³/mol. The Hall–Kier alpha value is -9.56. The maximum absolute atomic E-state index is 13.2. The fourth-order valence-corrected chi connectivity index (χ4v) is 12.6. The van der Waals surface area contributed by atoms with Crippen LogP contribution in [-0.2, 0) is 70.8 Å². The zero-order chi connectivity index (χ0) is 66.2. The van der Waals surface area contributed by atoms with E-state index in [0.717, 1.165) is 42.1 Å². The lowest BCUT2D eigenvalue weighted by molar-refractivity contribution is -0.385. The topological polar surface area (TPSA) is 636 Å². The Balaban J connectivity index is 1.26. The van der Waals surface area contributed by atoms with E-state index in [2.05, 4.69) is 46.0 Å². The molecule has 8 rings (SSSR count). The van der Waals surface area contributed by atoms with E-state index in [-0.39, 0.29) is 23.5 Å². The van der Waals surface area contributed by atoms with E-state index in [1.807, 2.05) is 0 Å². The summed E-state index contributed by atoms with van der Waals surface area (Å²) in [6.07, 6.45) is 0. The van der Waals surface area contributed by atoms with E-state index >= 15 is 0 Å². The highest BCUT2D eigenvalue weighted by atomic mass is 32.2. The van der Waals surface area contributed by atoms with Gasteiger partial charge in [-0.1, -0.05) is 0 Å². The van der Waals surface area contributed by atoms with Gasteiger partial charge in [0.2, 0.25) is 5.88 Å². The smallest absolute Gasteiger partial charge is 0.297 e. The molecule has 0 aliphatic rings. The predicted octanol–water partition coefficient (Wildman–Crippen LogP) is 7.49. The van der Waals surface area contributed by atoms with Crippen molar-refractivity contribution in [3.05, 3.63) is 101 Å². The van der Waals surface area contributed by atoms with Gasteiger partial charge in [0.05, 0.1) is 39.4 Å². The molecule has 39 nitrogen and oxygen atoms in total. The van der Waals surface area contributed by atoms with Crippen LogP contribution in [0.3, 0.4) is 0 Å². The first kappa shape index (κ1) is 65.4. The van der Waals surface area contributed by atoms with Gasteiger partial charge in [-0.25, -0.2) is 0 Å². The maximum Gasteiger partial charge on any atom is 0.297 e. The Morgan fingerprint density at radius 2 is 0.966 bits per heavy atom. The minimum atomic E-state index is -5.79. The maximum atomic E-state index is 13.2. The number of nitro benzene ring substituents is 1. The highest BCUT2D eigenvalue weighted by molar-refractivity contribution is 7.87. The number of benzene rings is 7. The van der Waals surface area contributed by atoms with Gasteiger partial charge in [-0.15, -0.1) is 40.9 Å². The third-order valence-corrected chi connectivity index (χ3v) is 18.2. The summed E-state index contributed by atoms with van der Waals surface area (Å²) in [5.74, 6) is -4.33. The van der Waals surface area contributed by atoms with Crippen LogP contribution in [0, 0.1) is 17.0 Å². The number of nitrogens with two attached hydrogens (primary N) is 1. The zero-order valence-corrected chi connectivity index (χ0v) is 49.1. The molecule has 0 bridgehead atoms. The van der Waals surface area contributed by atoms with Crippen molar-refractivity contribution in [1.82, 2.24) is 9.78 Å². The molecule has 0 saturated heterocycles. The first-order valence-electron chi connectivity index (χ1n) is 22.8. The number of hydrogen-bond donors (Lipinski definition) is 11. The third-order valence-electron chi connectivity index (χ3n) is 12.0. The molecule has 89 heavy (non-hydrogen) atoms. The van der Waals surface area contributed by atoms with E-state index in [1.165, 1.54) is 6.92 Å². The van der Waals surface area contributed by atoms with E-state index in [4.69, 9.17) is 10.5 Å². The number of aromatic hydroxyl groups is 3. The number of phenolic OH excluding ortho intramolecular Hbond substituents is 2. The Bertz CT molecular complexity index is 5410. The van der Waals surface area contributed by atoms with Crippen molar-refractivity contribution in [1.29, 1.82) is 0 Å². The fourth-order valence-electron chi connectivity index (χ4n) is 8.08. The molecule has 46 heteroatoms. The summed E-state index contributed by atoms with van der Waals surface area (Å²) < 4.78 is 252. The molecule has 0 amide bonds. The van der Waals surface area contributed by atoms with Gasteiger partial charge in [-0.3, -0.25) is 42.0 Å². The van der Waals surface area contributed by atoms with Crippen LogP contribution in [0.2, 0.25) is 0 Å². The lowest BCUT2D eigenvalue weighted by atomic mass is 10.0. The van der Waals surface area contributed by atoms with Crippen molar-refractivity contribution in [2.45, 2.75) is 41.2 Å². The SMILES string of the molecule is COc1cc(S(=O)(=O)O)c(/N=N/c2c(C)nn(-c3ccc(S(=O)(=O)O)cc3)c2O)cc1N=Nc1c(S(=O)(=O)O)cc2c(S(=O)(=O)O)c(N=Nc3cc(S(=O)(=O)O)c4cc(S(=O)(=O)O)c(N=Nc5ccc([N+](=O)[O-])cc5S(=O)(=O)O)c(O)c4c3N)ccc2c1O. The Morgan fingerprint density at radius 1 is 0.483 bits per heavy atom. The number of anilines is 1. The number of non-ortho nitro benzene ring substituents is 1. The van der Waals surface area contributed by atoms with Crippen molar-refractivity contribution in [2.24, 2.45) is 40.9 Å². The van der Waals surface area contributed by atoms with Gasteiger partial charge < -0.3 is 25.8 Å². The lowest BCUT2D eigenvalue weighted by Gasteiger charge is -2.15. The largest absolute Gasteiger partial charge is 0.505 e. The minimum absolute atomic E-state index is 0.0108. The summed E-state index contributed by atoms with van der Waals surface area (Å²) in [7, 11) is -37.3. The first-order valence-corrected chi connectivity index (χ1v) is 32.8. The number of aryl methyl sites for hydroxylation is 1. The van der Waals surface area contributed by atoms with Crippen LogP contribution in [0.25, 0.3) is 27.2 Å². The summed E-state index contributed by atoms with van der Waals surface area (Å²) in [6, 6.07) is 9.21. The first-order chi connectivity index (χ1) is 40.9. The number of phenols is 2. The molecule has 0 spiro atoms. The molecule has 0 atom stereocenters. The number of nitro groups is 1. The van der Waals surface area contributed by atoms with Crippen LogP contribution >= 0.6 is 0 Å². The molecule has 8 aromatic rings. The van der Waals surface area contributed by atoms with E-state index < -0.39 is 212 Å². The van der Waals surface area contributed by atoms with Crippen molar-refractivity contribution < 1.29 is 116 Å². The molecule has 1 aromatic heterocycles. The van der Waals surface area contributed by atoms with Crippen LogP contribution in [0.15, 0.2) is 160 Å². The molecule has 7 aromatic carbocycles. The number of hydrogen-bond acceptors (Lipinski definition) is 30. The Morgan fingerprint density at radius 3 is 1.49 bits per heavy atom. The second-order valence-electron chi connectivity index (χ2n) is 17.6. The summed E-state index contributed by atoms with van der Waals surface area (Å²) in [6.45, 7) is 1.29. The van der Waals surface area contributed by atoms with E-state index in [9.17, 15) is 116 Å². The molecule has 0 fully saturated rings. The van der Waals surface area contributed by atoms with Crippen LogP contribution in [0.1, 0.15) is 5.69 Å². The zero-order valence-electron chi connectivity index (χ0n) is 43.3. The van der Waals surface area contributed by atoms with Crippen molar-refractivity contribution in [3.63, 3.8) is 0 Å². The average Bonchev–Trinajstić information content (AvgIpc) is 2.85. The van der Waals surface area contributed by atoms with Crippen LogP contribution in [0.4, 0.5) is 56.9 Å². The standard InChI is InChI=1S/C43H32N12O27S7/c1-17-37(43(58)54(53-17)18-3-6-20(7-4-18)83(61,62)63)50-48-27-14-26(29(82-2)16-32(27)86(70,71)72)47-51-38-33(87(73,74)75)12-22-21(40(38)56)8-10-25(42(22)89(79,80)81)46-49-28-15-30(84(64,65)66)23-13-34(88(76,77)78)39(41(57)35(23)36(28)44)52-45-24-9-5-19(55(59)60)11-31(24)85(67,68)69/h3-16,56-58H,44H2,1-2H3,(H,61,62,63)(H,64,65,66)(H,67,68,69)(H,70,71,72)(H,73,74,75)(H,76,77,78)(H,79,80,81)/b49-46?,50-48+,51-47?,52-45?. The summed E-state index contributed by atoms with van der Waals surface area (Å²) in [5, 5.41) is 74.6. The second-order valence-corrected chi connectivity index (χ2v) is 27.3. The number of rotatable bonds is 18. The number of aromatic nitrogens is 2. The number of nitrogen functional groups attached to an aromatic ring is 1. The molecular formula is C43H32N12O27S7. The lowest BCUT2D eigenvalue weighted by Crippen LogP contribution is -2.04. The second kappa shape index (κ2) is 22.9. The fraction of sp³-hybridized carbons (Fsp3) is 0.0465. The van der Waals surface area contributed by atoms with Gasteiger partial charge in [0.1, 0.15) is 74.9 Å². The van der Waals surface area contributed by atoms with Crippen LogP contribution in [0.5, 0.6) is 23.1 Å². The van der Waals surface area contributed by atoms with Crippen molar-refractivity contribution in [2.75, 3.05) is 12.8 Å². The van der Waals surface area contributed by atoms with Crippen molar-refractivity contribution >= 4 is 149 Å². The van der Waals surface area contributed by atoms with Gasteiger partial charge in [0.25, 0.3) is 76.5 Å². The molecule has 12 N–H and O–H groups in total. The summed E-state index contributed by atoms with van der Waals surface area (Å²) in [5.41, 5.74) is -3.41. The van der Waals surface area contributed by atoms with Gasteiger partial charge in [-0.2, -0.15) is 68.7 Å². The highest BCUT2D eigenvalue weighted by Gasteiger charge is 2.32. The monoisotopic (exact) mass is 1370 g/mol. The molecule has 0 aliphatic heterocycles. The normalized spacial score (nSPS) is 13.3. The summed E-state index contributed by atoms with van der Waals surface area (Å²) in [4.78, 5) is 1.38. The Kier molecular flexibility index (Phi) is 16.8. The molecule has 0 radical (unpaired) electrons. The van der Waals surface area contributed by atoms with E-state index in [0.29, 0.717) is 42.5 Å². The van der Waals surface area contributed by atoms with Gasteiger partial charge in [-0.05, 0) is 73.7 Å². The number of azo groups is 4. The summed E-state index contributed by atoms with van der Waals surface area (Å²) >= 11 is 0. The van der Waals surface area contributed by atoms with Gasteiger partial charge >= 0.3 is 0 Å². The number of methoxy groups -OCH3 is 1. The minimum Gasteiger partial charge on any atom is -0.505 e. The van der Waals surface area contributed by atoms with Gasteiger partial charge in [0, 0.05) is 34.4 Å². The molecule has 0 aliphatic carbocycles. The molecular weight excluding hydrogens is 1340 g/mol. The van der Waals surface area contributed by atoms with Crippen LogP contribution < -0.4 is 10.5 Å². The number of nitrogens with zero attached hydrogens (tertiary/aromatic N) is 11. The molecule has 468 valence electrons. The van der Waals surface area contributed by atoms with Crippen molar-refractivity contribution in [3.8, 4) is 28.8 Å². The molecule has 1 heterocycles. The van der Waals surface area contributed by atoms with E-state index in [1.54, 1.807) is 0 Å². The Labute approximate surface area is 496 Å². The molecule has 0 saturated carbocycles. The third kappa shape index (κ3) is 13.2. The highest BCUT2D eigenvalue weighted by Crippen LogP contribution is 2.51. The number of fused-ring (bicyclic) bond motifs is 2. The number of ether oxygens (including phenoxy) is 1. The average molecular weight is 1370 g/mol. The van der Waals surface area contributed by atoms with Crippen LogP contribution in [-0.4, -0.2) is 128 Å². The molecule has 0 unspecified atom stereocenters. The van der Waals surface area contributed by atoms with Gasteiger partial charge in [0.15, 0.2) is 17.2 Å².